The molecule has 2 aliphatic rings. The molecule has 0 unspecified atom stereocenters. The molecule has 0 aromatic carbocycles. The average Bonchev–Trinajstić information content (AvgIpc) is 2.48. The van der Waals surface area contributed by atoms with E-state index in [1.54, 1.807) is 11.8 Å². The Kier molecular flexibility index (Phi) is 5.83. The summed E-state index contributed by atoms with van der Waals surface area (Å²) in [6.45, 7) is 3.49. The lowest BCUT2D eigenvalue weighted by Gasteiger charge is -2.34. The van der Waals surface area contributed by atoms with E-state index in [9.17, 15) is 13.2 Å². The average molecular weight is 319 g/mol. The summed E-state index contributed by atoms with van der Waals surface area (Å²) >= 11 is 0. The molecule has 1 N–H and O–H groups in total. The minimum Gasteiger partial charge on any atom is -0.450 e. The largest absolute Gasteiger partial charge is 0.450 e. The van der Waals surface area contributed by atoms with Gasteiger partial charge < -0.3 is 9.64 Å². The van der Waals surface area contributed by atoms with E-state index in [0.717, 1.165) is 25.7 Å². The third-order valence-electron chi connectivity index (χ3n) is 4.03. The van der Waals surface area contributed by atoms with E-state index in [2.05, 4.69) is 4.72 Å². The van der Waals surface area contributed by atoms with Crippen molar-refractivity contribution in [1.29, 1.82) is 0 Å². The second-order valence-corrected chi connectivity index (χ2v) is 7.25. The van der Waals surface area contributed by atoms with Crippen LogP contribution in [0.3, 0.4) is 0 Å². The minimum absolute atomic E-state index is 0.0619. The van der Waals surface area contributed by atoms with Crippen molar-refractivity contribution in [2.75, 3.05) is 32.8 Å². The fourth-order valence-electron chi connectivity index (χ4n) is 2.83. The summed E-state index contributed by atoms with van der Waals surface area (Å²) in [6.07, 6.45) is 4.84. The lowest BCUT2D eigenvalue weighted by Crippen LogP contribution is -2.54. The highest BCUT2D eigenvalue weighted by molar-refractivity contribution is 7.87. The number of carbonyl (C=O) groups is 1. The Morgan fingerprint density at radius 2 is 1.76 bits per heavy atom. The van der Waals surface area contributed by atoms with E-state index in [-0.39, 0.29) is 12.1 Å². The number of nitrogens with zero attached hydrogens (tertiary/aromatic N) is 2. The van der Waals surface area contributed by atoms with Gasteiger partial charge in [0.1, 0.15) is 0 Å². The molecule has 0 radical (unpaired) electrons. The minimum atomic E-state index is -3.44. The molecule has 1 aliphatic heterocycles. The van der Waals surface area contributed by atoms with Crippen molar-refractivity contribution in [2.45, 2.75) is 45.1 Å². The fourth-order valence-corrected chi connectivity index (χ4v) is 4.28. The highest BCUT2D eigenvalue weighted by Crippen LogP contribution is 2.19. The third kappa shape index (κ3) is 4.55. The zero-order valence-electron chi connectivity index (χ0n) is 12.6. The van der Waals surface area contributed by atoms with E-state index in [1.165, 1.54) is 10.7 Å². The summed E-state index contributed by atoms with van der Waals surface area (Å²) in [4.78, 5) is 13.1. The molecule has 8 heteroatoms. The van der Waals surface area contributed by atoms with Crippen LogP contribution in [0.5, 0.6) is 0 Å². The van der Waals surface area contributed by atoms with Gasteiger partial charge in [0.2, 0.25) is 0 Å². The Morgan fingerprint density at radius 1 is 1.14 bits per heavy atom. The molecule has 0 bridgehead atoms. The van der Waals surface area contributed by atoms with Crippen molar-refractivity contribution in [3.63, 3.8) is 0 Å². The van der Waals surface area contributed by atoms with Crippen LogP contribution >= 0.6 is 0 Å². The van der Waals surface area contributed by atoms with Crippen molar-refractivity contribution in [3.05, 3.63) is 0 Å². The Labute approximate surface area is 126 Å². The molecule has 0 spiro atoms. The van der Waals surface area contributed by atoms with E-state index in [1.807, 2.05) is 0 Å². The molecule has 0 atom stereocenters. The lowest BCUT2D eigenvalue weighted by atomic mass is 9.96. The van der Waals surface area contributed by atoms with Gasteiger partial charge in [0.05, 0.1) is 6.61 Å². The number of ether oxygens (including phenoxy) is 1. The zero-order valence-corrected chi connectivity index (χ0v) is 13.4. The maximum atomic E-state index is 12.3. The molecule has 2 rings (SSSR count). The summed E-state index contributed by atoms with van der Waals surface area (Å²) in [7, 11) is -3.44. The van der Waals surface area contributed by atoms with Gasteiger partial charge in [0, 0.05) is 32.2 Å². The molecule has 0 aromatic rings. The molecule has 122 valence electrons. The van der Waals surface area contributed by atoms with Gasteiger partial charge >= 0.3 is 6.09 Å². The first-order valence-electron chi connectivity index (χ1n) is 7.72. The van der Waals surface area contributed by atoms with Crippen LogP contribution in [-0.4, -0.2) is 62.5 Å². The standard InChI is InChI=1S/C13H25N3O4S/c1-2-20-13(17)15-8-10-16(11-9-15)21(18,19)14-12-6-4-3-5-7-12/h12,14H,2-11H2,1H3. The van der Waals surface area contributed by atoms with Gasteiger partial charge in [-0.25, -0.2) is 4.79 Å². The summed E-state index contributed by atoms with van der Waals surface area (Å²) in [6, 6.07) is 0.0619. The summed E-state index contributed by atoms with van der Waals surface area (Å²) in [5.41, 5.74) is 0. The topological polar surface area (TPSA) is 79.0 Å². The summed E-state index contributed by atoms with van der Waals surface area (Å²) in [5, 5.41) is 0. The number of rotatable bonds is 4. The maximum Gasteiger partial charge on any atom is 0.409 e. The van der Waals surface area contributed by atoms with Gasteiger partial charge in [-0.05, 0) is 19.8 Å². The second kappa shape index (κ2) is 7.42. The molecule has 1 heterocycles. The van der Waals surface area contributed by atoms with Crippen molar-refractivity contribution in [2.24, 2.45) is 0 Å². The SMILES string of the molecule is CCOC(=O)N1CCN(S(=O)(=O)NC2CCCCC2)CC1. The smallest absolute Gasteiger partial charge is 0.409 e. The molecule has 21 heavy (non-hydrogen) atoms. The molecule has 2 fully saturated rings. The van der Waals surface area contributed by atoms with Gasteiger partial charge in [-0.1, -0.05) is 19.3 Å². The summed E-state index contributed by atoms with van der Waals surface area (Å²) < 4.78 is 33.8. The third-order valence-corrected chi connectivity index (χ3v) is 5.70. The van der Waals surface area contributed by atoms with Crippen LogP contribution in [0.15, 0.2) is 0 Å². The Morgan fingerprint density at radius 3 is 2.33 bits per heavy atom. The zero-order chi connectivity index (χ0) is 15.3. The molecule has 0 aromatic heterocycles. The number of hydrogen-bond donors (Lipinski definition) is 1. The van der Waals surface area contributed by atoms with Crippen molar-refractivity contribution in [3.8, 4) is 0 Å². The normalized spacial score (nSPS) is 22.2. The van der Waals surface area contributed by atoms with Crippen LogP contribution in [0.25, 0.3) is 0 Å². The monoisotopic (exact) mass is 319 g/mol. The van der Waals surface area contributed by atoms with Crippen LogP contribution in [0.2, 0.25) is 0 Å². The molecule has 1 saturated heterocycles. The van der Waals surface area contributed by atoms with Crippen molar-refractivity contribution in [1.82, 2.24) is 13.9 Å². The van der Waals surface area contributed by atoms with E-state index in [4.69, 9.17) is 4.74 Å². The van der Waals surface area contributed by atoms with Crippen LogP contribution in [-0.2, 0) is 14.9 Å². The van der Waals surface area contributed by atoms with E-state index in [0.29, 0.717) is 32.8 Å². The molecular formula is C13H25N3O4S. The highest BCUT2D eigenvalue weighted by atomic mass is 32.2. The predicted molar refractivity (Wildman–Crippen MR) is 79.1 cm³/mol. The first kappa shape index (κ1) is 16.5. The van der Waals surface area contributed by atoms with Crippen LogP contribution in [0, 0.1) is 0 Å². The van der Waals surface area contributed by atoms with Crippen molar-refractivity contribution < 1.29 is 17.9 Å². The van der Waals surface area contributed by atoms with Gasteiger partial charge in [-0.2, -0.15) is 17.4 Å². The predicted octanol–water partition coefficient (Wildman–Crippen LogP) is 0.928. The Balaban J connectivity index is 1.84. The van der Waals surface area contributed by atoms with Gasteiger partial charge in [-0.15, -0.1) is 0 Å². The van der Waals surface area contributed by atoms with Gasteiger partial charge in [0.15, 0.2) is 0 Å². The fraction of sp³-hybridized carbons (Fsp3) is 0.923. The van der Waals surface area contributed by atoms with E-state index >= 15 is 0 Å². The van der Waals surface area contributed by atoms with Crippen molar-refractivity contribution >= 4 is 16.3 Å². The Bertz CT molecular complexity index is 440. The van der Waals surface area contributed by atoms with Gasteiger partial charge in [-0.3, -0.25) is 0 Å². The molecule has 1 saturated carbocycles. The lowest BCUT2D eigenvalue weighted by molar-refractivity contribution is 0.0931. The number of amides is 1. The van der Waals surface area contributed by atoms with Crippen LogP contribution < -0.4 is 4.72 Å². The molecule has 1 aliphatic carbocycles. The van der Waals surface area contributed by atoms with Gasteiger partial charge in [0.25, 0.3) is 10.2 Å². The maximum absolute atomic E-state index is 12.3. The number of hydrogen-bond acceptors (Lipinski definition) is 4. The first-order chi connectivity index (χ1) is 10.0. The second-order valence-electron chi connectivity index (χ2n) is 5.54. The number of piperazine rings is 1. The number of nitrogens with one attached hydrogen (secondary N) is 1. The highest BCUT2D eigenvalue weighted by Gasteiger charge is 2.31. The molecular weight excluding hydrogens is 294 g/mol. The first-order valence-corrected chi connectivity index (χ1v) is 9.16. The Hall–Kier alpha value is -0.860. The summed E-state index contributed by atoms with van der Waals surface area (Å²) in [5.74, 6) is 0. The number of carbonyl (C=O) groups excluding carboxylic acids is 1. The quantitative estimate of drug-likeness (QED) is 0.836. The van der Waals surface area contributed by atoms with Crippen LogP contribution in [0.4, 0.5) is 4.79 Å². The van der Waals surface area contributed by atoms with E-state index < -0.39 is 10.2 Å². The molecule has 7 nitrogen and oxygen atoms in total. The molecule has 1 amide bonds. The van der Waals surface area contributed by atoms with Crippen LogP contribution in [0.1, 0.15) is 39.0 Å².